The molecule has 1 fully saturated rings. The second kappa shape index (κ2) is 9.34. The fourth-order valence-electron chi connectivity index (χ4n) is 4.58. The number of fused-ring (bicyclic) bond motifs is 2. The van der Waals surface area contributed by atoms with Crippen LogP contribution >= 0.6 is 0 Å². The molecule has 190 valence electrons. The summed E-state index contributed by atoms with van der Waals surface area (Å²) in [7, 11) is 1.53. The maximum Gasteiger partial charge on any atom is 0.255 e. The number of anilines is 1. The van der Waals surface area contributed by atoms with Gasteiger partial charge in [0.25, 0.3) is 12.3 Å². The molecule has 3 N–H and O–H groups in total. The fraction of sp³-hybridized carbons (Fsp3) is 0.417. The maximum atomic E-state index is 12.5. The van der Waals surface area contributed by atoms with Gasteiger partial charge in [-0.2, -0.15) is 10.1 Å². The van der Waals surface area contributed by atoms with Gasteiger partial charge in [0.2, 0.25) is 11.8 Å². The Morgan fingerprint density at radius 3 is 2.75 bits per heavy atom. The van der Waals surface area contributed by atoms with E-state index < -0.39 is 24.5 Å². The van der Waals surface area contributed by atoms with E-state index in [4.69, 9.17) is 4.74 Å². The van der Waals surface area contributed by atoms with Gasteiger partial charge in [-0.05, 0) is 56.4 Å². The number of aromatic nitrogens is 5. The molecule has 12 heteroatoms. The Hall–Kier alpha value is -3.80. The van der Waals surface area contributed by atoms with Crippen LogP contribution in [0.4, 0.5) is 14.7 Å². The SMILES string of the molecule is COc1nc(NC2CCC(C)(O)CC2)nn2ccc(-c3ccn4ncc(C(=O)NCC(F)F)c4c3)c12. The lowest BCUT2D eigenvalue weighted by atomic mass is 9.84. The topological polar surface area (TPSA) is 118 Å². The number of halogens is 2. The molecule has 4 heterocycles. The summed E-state index contributed by atoms with van der Waals surface area (Å²) in [5, 5.41) is 24.5. The zero-order chi connectivity index (χ0) is 25.4. The van der Waals surface area contributed by atoms with Crippen LogP contribution in [0.25, 0.3) is 22.2 Å². The van der Waals surface area contributed by atoms with Crippen molar-refractivity contribution < 1.29 is 23.4 Å². The van der Waals surface area contributed by atoms with Gasteiger partial charge in [-0.25, -0.2) is 17.8 Å². The minimum absolute atomic E-state index is 0.154. The molecule has 4 aromatic rings. The molecule has 1 saturated carbocycles. The number of methoxy groups -OCH3 is 1. The number of nitrogens with one attached hydrogen (secondary N) is 2. The van der Waals surface area contributed by atoms with Crippen LogP contribution in [0.15, 0.2) is 36.8 Å². The first-order chi connectivity index (χ1) is 17.2. The lowest BCUT2D eigenvalue weighted by Crippen LogP contribution is -2.36. The fourth-order valence-corrected chi connectivity index (χ4v) is 4.58. The summed E-state index contributed by atoms with van der Waals surface area (Å²) in [4.78, 5) is 17.0. The van der Waals surface area contributed by atoms with Crippen molar-refractivity contribution in [2.75, 3.05) is 19.0 Å². The van der Waals surface area contributed by atoms with E-state index in [-0.39, 0.29) is 11.6 Å². The highest BCUT2D eigenvalue weighted by Gasteiger charge is 2.29. The molecular weight excluding hydrogens is 472 g/mol. The Morgan fingerprint density at radius 1 is 1.28 bits per heavy atom. The Labute approximate surface area is 205 Å². The van der Waals surface area contributed by atoms with E-state index in [1.54, 1.807) is 23.0 Å². The Bertz CT molecular complexity index is 1410. The zero-order valence-electron chi connectivity index (χ0n) is 19.9. The molecule has 1 amide bonds. The smallest absolute Gasteiger partial charge is 0.255 e. The van der Waals surface area contributed by atoms with Crippen LogP contribution in [0.3, 0.4) is 0 Å². The summed E-state index contributed by atoms with van der Waals surface area (Å²) in [6.07, 6.45) is 5.23. The van der Waals surface area contributed by atoms with Crippen LogP contribution in [0.1, 0.15) is 43.0 Å². The maximum absolute atomic E-state index is 12.5. The summed E-state index contributed by atoms with van der Waals surface area (Å²) in [6, 6.07) is 5.61. The van der Waals surface area contributed by atoms with Gasteiger partial charge in [-0.1, -0.05) is 0 Å². The summed E-state index contributed by atoms with van der Waals surface area (Å²) in [5.74, 6) is 0.181. The third-order valence-corrected chi connectivity index (χ3v) is 6.56. The molecule has 0 saturated heterocycles. The largest absolute Gasteiger partial charge is 0.479 e. The number of amides is 1. The van der Waals surface area contributed by atoms with E-state index in [1.807, 2.05) is 19.1 Å². The molecule has 0 aromatic carbocycles. The second-order valence-electron chi connectivity index (χ2n) is 9.29. The van der Waals surface area contributed by atoms with Crippen molar-refractivity contribution in [2.45, 2.75) is 50.7 Å². The van der Waals surface area contributed by atoms with Crippen molar-refractivity contribution in [3.05, 3.63) is 42.4 Å². The lowest BCUT2D eigenvalue weighted by Gasteiger charge is -2.33. The third kappa shape index (κ3) is 4.68. The Kier molecular flexibility index (Phi) is 6.20. The predicted molar refractivity (Wildman–Crippen MR) is 129 cm³/mol. The van der Waals surface area contributed by atoms with Crippen LogP contribution in [0, 0.1) is 0 Å². The van der Waals surface area contributed by atoms with Crippen molar-refractivity contribution in [3.63, 3.8) is 0 Å². The van der Waals surface area contributed by atoms with Crippen molar-refractivity contribution in [1.29, 1.82) is 0 Å². The van der Waals surface area contributed by atoms with Crippen LogP contribution in [-0.2, 0) is 0 Å². The van der Waals surface area contributed by atoms with Gasteiger partial charge in [0.05, 0.1) is 36.5 Å². The number of carbonyl (C=O) groups excluding carboxylic acids is 1. The van der Waals surface area contributed by atoms with Gasteiger partial charge >= 0.3 is 0 Å². The lowest BCUT2D eigenvalue weighted by molar-refractivity contribution is 0.0195. The third-order valence-electron chi connectivity index (χ3n) is 6.56. The molecule has 0 unspecified atom stereocenters. The van der Waals surface area contributed by atoms with E-state index in [9.17, 15) is 18.7 Å². The summed E-state index contributed by atoms with van der Waals surface area (Å²) < 4.78 is 33.9. The summed E-state index contributed by atoms with van der Waals surface area (Å²) in [6.45, 7) is 1.13. The predicted octanol–water partition coefficient (Wildman–Crippen LogP) is 3.15. The van der Waals surface area contributed by atoms with Crippen LogP contribution < -0.4 is 15.4 Å². The van der Waals surface area contributed by atoms with E-state index in [0.29, 0.717) is 35.7 Å². The van der Waals surface area contributed by atoms with Gasteiger partial charge in [0.1, 0.15) is 5.52 Å². The van der Waals surface area contributed by atoms with Crippen molar-refractivity contribution in [2.24, 2.45) is 0 Å². The number of hydrogen-bond donors (Lipinski definition) is 3. The number of carbonyl (C=O) groups is 1. The van der Waals surface area contributed by atoms with Crippen LogP contribution in [-0.4, -0.2) is 66.9 Å². The van der Waals surface area contributed by atoms with Gasteiger partial charge in [-0.15, -0.1) is 5.10 Å². The Balaban J connectivity index is 1.46. The van der Waals surface area contributed by atoms with Gasteiger partial charge in [-0.3, -0.25) is 4.79 Å². The molecule has 5 rings (SSSR count). The first-order valence-corrected chi connectivity index (χ1v) is 11.7. The average Bonchev–Trinajstić information content (AvgIpc) is 3.47. The van der Waals surface area contributed by atoms with Crippen molar-refractivity contribution in [3.8, 4) is 17.0 Å². The number of pyridine rings is 1. The number of nitrogens with zero attached hydrogens (tertiary/aromatic N) is 5. The minimum atomic E-state index is -2.64. The van der Waals surface area contributed by atoms with E-state index in [2.05, 4.69) is 25.8 Å². The molecule has 36 heavy (non-hydrogen) atoms. The molecule has 1 aliphatic rings. The number of rotatable bonds is 7. The standard InChI is InChI=1S/C24H27F2N7O3/c1-24(35)7-3-15(4-8-24)29-23-30-22(36-2)20-16(6-10-33(20)31-23)14-5-9-32-18(11-14)17(12-28-32)21(34)27-13-19(25)26/h5-6,9-12,15,19,35H,3-4,7-8,13H2,1-2H3,(H,27,34)(H,29,31). The Morgan fingerprint density at radius 2 is 2.03 bits per heavy atom. The molecule has 0 spiro atoms. The van der Waals surface area contributed by atoms with Crippen LogP contribution in [0.2, 0.25) is 0 Å². The van der Waals surface area contributed by atoms with E-state index in [0.717, 1.165) is 24.0 Å². The first-order valence-electron chi connectivity index (χ1n) is 11.7. The van der Waals surface area contributed by atoms with Crippen molar-refractivity contribution in [1.82, 2.24) is 29.5 Å². The average molecular weight is 500 g/mol. The number of hydrogen-bond acceptors (Lipinski definition) is 7. The van der Waals surface area contributed by atoms with Gasteiger partial charge in [0, 0.05) is 24.0 Å². The number of aliphatic hydroxyl groups is 1. The molecule has 0 atom stereocenters. The number of alkyl halides is 2. The van der Waals surface area contributed by atoms with Crippen molar-refractivity contribution >= 4 is 22.9 Å². The normalized spacial score (nSPS) is 20.2. The van der Waals surface area contributed by atoms with Gasteiger partial charge < -0.3 is 20.5 Å². The molecule has 4 aromatic heterocycles. The highest BCUT2D eigenvalue weighted by molar-refractivity contribution is 6.01. The highest BCUT2D eigenvalue weighted by atomic mass is 19.3. The van der Waals surface area contributed by atoms with Gasteiger partial charge in [0.15, 0.2) is 0 Å². The van der Waals surface area contributed by atoms with Crippen LogP contribution in [0.5, 0.6) is 5.88 Å². The molecule has 0 radical (unpaired) electrons. The van der Waals surface area contributed by atoms with E-state index in [1.165, 1.54) is 17.8 Å². The first kappa shape index (κ1) is 23.9. The monoisotopic (exact) mass is 499 g/mol. The second-order valence-corrected chi connectivity index (χ2v) is 9.29. The zero-order valence-corrected chi connectivity index (χ0v) is 19.9. The minimum Gasteiger partial charge on any atom is -0.479 e. The molecule has 1 aliphatic carbocycles. The molecule has 10 nitrogen and oxygen atoms in total. The summed E-state index contributed by atoms with van der Waals surface area (Å²) in [5.41, 5.74) is 2.21. The number of ether oxygens (including phenoxy) is 1. The summed E-state index contributed by atoms with van der Waals surface area (Å²) >= 11 is 0. The molecular formula is C24H27F2N7O3. The van der Waals surface area contributed by atoms with E-state index >= 15 is 0 Å². The molecule has 0 aliphatic heterocycles. The highest BCUT2D eigenvalue weighted by Crippen LogP contribution is 2.33. The quantitative estimate of drug-likeness (QED) is 0.358. The molecule has 0 bridgehead atoms.